The van der Waals surface area contributed by atoms with Crippen molar-refractivity contribution in [3.05, 3.63) is 62.9 Å². The summed E-state index contributed by atoms with van der Waals surface area (Å²) in [6.45, 7) is -0.123. The van der Waals surface area contributed by atoms with Crippen LogP contribution in [0, 0.1) is 0 Å². The molecule has 0 saturated carbocycles. The van der Waals surface area contributed by atoms with E-state index in [9.17, 15) is 14.4 Å². The lowest BCUT2D eigenvalue weighted by Crippen LogP contribution is -2.40. The quantitative estimate of drug-likeness (QED) is 0.739. The fourth-order valence-electron chi connectivity index (χ4n) is 1.94. The third-order valence-corrected chi connectivity index (χ3v) is 3.17. The molecule has 0 amide bonds. The molecule has 0 aliphatic carbocycles. The Kier molecular flexibility index (Phi) is 4.77. The molecule has 2 rings (SSSR count). The first kappa shape index (κ1) is 15.6. The normalized spacial score (nSPS) is 10.3. The van der Waals surface area contributed by atoms with Gasteiger partial charge >= 0.3 is 11.7 Å². The van der Waals surface area contributed by atoms with Gasteiger partial charge in [-0.15, -0.1) is 0 Å². The second-order valence-electron chi connectivity index (χ2n) is 4.57. The molecule has 1 aromatic heterocycles. The van der Waals surface area contributed by atoms with E-state index in [1.54, 1.807) is 31.4 Å². The van der Waals surface area contributed by atoms with Crippen molar-refractivity contribution in [1.29, 1.82) is 0 Å². The average Bonchev–Trinajstić information content (AvgIpc) is 2.54. The molecular formula is C15H16N2O5. The summed E-state index contributed by atoms with van der Waals surface area (Å²) in [5.74, 6) is 0.129. The largest absolute Gasteiger partial charge is 0.497 e. The highest BCUT2D eigenvalue weighted by molar-refractivity contribution is 5.68. The lowest BCUT2D eigenvalue weighted by molar-refractivity contribution is -0.141. The molecule has 1 heterocycles. The fraction of sp³-hybridized carbons (Fsp3) is 0.267. The van der Waals surface area contributed by atoms with Crippen molar-refractivity contribution in [2.24, 2.45) is 0 Å². The van der Waals surface area contributed by atoms with E-state index in [4.69, 9.17) is 4.74 Å². The standard InChI is InChI=1S/C15H16N2O5/c1-21-12-5-3-11(4-6-12)9-17-13(18)7-8-16(15(17)20)10-14(19)22-2/h3-8H,9-10H2,1-2H3. The van der Waals surface area contributed by atoms with E-state index in [2.05, 4.69) is 4.74 Å². The van der Waals surface area contributed by atoms with Crippen molar-refractivity contribution in [2.75, 3.05) is 14.2 Å². The minimum atomic E-state index is -0.561. The number of aromatic nitrogens is 2. The van der Waals surface area contributed by atoms with Crippen LogP contribution in [-0.2, 0) is 22.6 Å². The summed E-state index contributed by atoms with van der Waals surface area (Å²) in [6, 6.07) is 8.27. The van der Waals surface area contributed by atoms with Crippen LogP contribution in [0.2, 0.25) is 0 Å². The van der Waals surface area contributed by atoms with Gasteiger partial charge in [0.25, 0.3) is 5.56 Å². The Morgan fingerprint density at radius 3 is 2.36 bits per heavy atom. The Bertz CT molecular complexity index is 774. The molecule has 0 aliphatic heterocycles. The molecule has 22 heavy (non-hydrogen) atoms. The maximum Gasteiger partial charge on any atom is 0.331 e. The number of esters is 1. The van der Waals surface area contributed by atoms with Crippen molar-refractivity contribution in [3.63, 3.8) is 0 Å². The molecule has 2 aromatic rings. The number of benzene rings is 1. The van der Waals surface area contributed by atoms with E-state index in [1.165, 1.54) is 19.4 Å². The molecule has 0 radical (unpaired) electrons. The van der Waals surface area contributed by atoms with E-state index >= 15 is 0 Å². The Labute approximate surface area is 126 Å². The van der Waals surface area contributed by atoms with Gasteiger partial charge in [0, 0.05) is 12.3 Å². The van der Waals surface area contributed by atoms with Gasteiger partial charge in [-0.2, -0.15) is 0 Å². The first-order valence-electron chi connectivity index (χ1n) is 6.55. The van der Waals surface area contributed by atoms with Crippen molar-refractivity contribution < 1.29 is 14.3 Å². The number of hydrogen-bond donors (Lipinski definition) is 0. The molecule has 116 valence electrons. The third-order valence-electron chi connectivity index (χ3n) is 3.17. The molecule has 1 aromatic carbocycles. The molecular weight excluding hydrogens is 288 g/mol. The van der Waals surface area contributed by atoms with Gasteiger partial charge < -0.3 is 9.47 Å². The topological polar surface area (TPSA) is 79.5 Å². The summed E-state index contributed by atoms with van der Waals surface area (Å²) in [5, 5.41) is 0. The third kappa shape index (κ3) is 3.43. The van der Waals surface area contributed by atoms with Crippen LogP contribution < -0.4 is 16.0 Å². The minimum Gasteiger partial charge on any atom is -0.497 e. The number of carbonyl (C=O) groups is 1. The van der Waals surface area contributed by atoms with E-state index in [1.807, 2.05) is 0 Å². The first-order valence-corrected chi connectivity index (χ1v) is 6.55. The average molecular weight is 304 g/mol. The molecule has 7 nitrogen and oxygen atoms in total. The summed E-state index contributed by atoms with van der Waals surface area (Å²) in [7, 11) is 2.79. The molecule has 0 saturated heterocycles. The SMILES string of the molecule is COC(=O)Cn1ccc(=O)n(Cc2ccc(OC)cc2)c1=O. The predicted molar refractivity (Wildman–Crippen MR) is 79.1 cm³/mol. The molecule has 0 N–H and O–H groups in total. The second-order valence-corrected chi connectivity index (χ2v) is 4.57. The Balaban J connectivity index is 2.33. The molecule has 0 fully saturated rings. The van der Waals surface area contributed by atoms with Crippen molar-refractivity contribution in [3.8, 4) is 5.75 Å². The van der Waals surface area contributed by atoms with Crippen LogP contribution in [0.3, 0.4) is 0 Å². The molecule has 0 atom stereocenters. The van der Waals surface area contributed by atoms with Gasteiger partial charge in [-0.3, -0.25) is 18.7 Å². The number of nitrogens with zero attached hydrogens (tertiary/aromatic N) is 2. The summed E-state index contributed by atoms with van der Waals surface area (Å²) >= 11 is 0. The molecule has 7 heteroatoms. The van der Waals surface area contributed by atoms with E-state index in [-0.39, 0.29) is 13.1 Å². The highest BCUT2D eigenvalue weighted by Crippen LogP contribution is 2.11. The molecule has 0 bridgehead atoms. The van der Waals surface area contributed by atoms with E-state index in [0.717, 1.165) is 14.7 Å². The maximum atomic E-state index is 12.3. The van der Waals surface area contributed by atoms with E-state index in [0.29, 0.717) is 5.75 Å². The Hall–Kier alpha value is -2.83. The highest BCUT2D eigenvalue weighted by atomic mass is 16.5. The number of ether oxygens (including phenoxy) is 2. The highest BCUT2D eigenvalue weighted by Gasteiger charge is 2.09. The summed E-state index contributed by atoms with van der Waals surface area (Å²) in [4.78, 5) is 35.4. The monoisotopic (exact) mass is 304 g/mol. The summed E-state index contributed by atoms with van der Waals surface area (Å²) in [6.07, 6.45) is 1.28. The Morgan fingerprint density at radius 1 is 1.09 bits per heavy atom. The van der Waals surface area contributed by atoms with Gasteiger partial charge in [-0.1, -0.05) is 12.1 Å². The van der Waals surface area contributed by atoms with Crippen LogP contribution in [0.5, 0.6) is 5.75 Å². The second kappa shape index (κ2) is 6.75. The lowest BCUT2D eigenvalue weighted by Gasteiger charge is -2.09. The van der Waals surface area contributed by atoms with Gasteiger partial charge in [0.15, 0.2) is 0 Å². The fourth-order valence-corrected chi connectivity index (χ4v) is 1.94. The summed E-state index contributed by atoms with van der Waals surface area (Å²) < 4.78 is 11.8. The van der Waals surface area contributed by atoms with Gasteiger partial charge in [-0.25, -0.2) is 4.79 Å². The number of methoxy groups -OCH3 is 2. The first-order chi connectivity index (χ1) is 10.5. The maximum absolute atomic E-state index is 12.3. The summed E-state index contributed by atoms with van der Waals surface area (Å²) in [5.41, 5.74) is -0.216. The van der Waals surface area contributed by atoms with Crippen LogP contribution in [-0.4, -0.2) is 29.3 Å². The molecule has 0 unspecified atom stereocenters. The van der Waals surface area contributed by atoms with Crippen molar-refractivity contribution in [2.45, 2.75) is 13.1 Å². The smallest absolute Gasteiger partial charge is 0.331 e. The zero-order chi connectivity index (χ0) is 16.1. The number of hydrogen-bond acceptors (Lipinski definition) is 5. The lowest BCUT2D eigenvalue weighted by atomic mass is 10.2. The van der Waals surface area contributed by atoms with Gasteiger partial charge in [0.05, 0.1) is 20.8 Å². The van der Waals surface area contributed by atoms with Crippen LogP contribution >= 0.6 is 0 Å². The predicted octanol–water partition coefficient (Wildman–Crippen LogP) is 0.240. The number of carbonyl (C=O) groups excluding carboxylic acids is 1. The minimum absolute atomic E-state index is 0.115. The molecule has 0 spiro atoms. The zero-order valence-corrected chi connectivity index (χ0v) is 12.3. The number of rotatable bonds is 5. The van der Waals surface area contributed by atoms with E-state index < -0.39 is 17.2 Å². The van der Waals surface area contributed by atoms with Gasteiger partial charge in [-0.05, 0) is 17.7 Å². The van der Waals surface area contributed by atoms with Crippen LogP contribution in [0.1, 0.15) is 5.56 Å². The van der Waals surface area contributed by atoms with Crippen LogP contribution in [0.15, 0.2) is 46.1 Å². The zero-order valence-electron chi connectivity index (χ0n) is 12.3. The van der Waals surface area contributed by atoms with Gasteiger partial charge in [0.1, 0.15) is 12.3 Å². The van der Waals surface area contributed by atoms with Crippen LogP contribution in [0.4, 0.5) is 0 Å². The molecule has 0 aliphatic rings. The van der Waals surface area contributed by atoms with Gasteiger partial charge in [0.2, 0.25) is 0 Å². The van der Waals surface area contributed by atoms with Crippen molar-refractivity contribution in [1.82, 2.24) is 9.13 Å². The Morgan fingerprint density at radius 2 is 1.77 bits per heavy atom. The van der Waals surface area contributed by atoms with Crippen molar-refractivity contribution >= 4 is 5.97 Å². The van der Waals surface area contributed by atoms with Crippen LogP contribution in [0.25, 0.3) is 0 Å².